The number of guanidine groups is 1. The smallest absolute Gasteiger partial charge is 0.387 e. The van der Waals surface area contributed by atoms with Gasteiger partial charge < -0.3 is 45.6 Å². The van der Waals surface area contributed by atoms with Gasteiger partial charge in [0.05, 0.1) is 12.9 Å². The molecule has 3 aliphatic heterocycles. The number of aliphatic imine (C=N–C) groups is 2. The SMILES string of the molecule is CC(C)CCC(=O)NC(C)(C)CCNP(=O)(O)OP(=O)(O)OP(=O)(O)OCC1OC(N2C=NC3C(=O)NC(N)=NC32)C(O)C1O. The number of nitrogens with one attached hydrogen (secondary N) is 3. The van der Waals surface area contributed by atoms with Gasteiger partial charge in [-0.1, -0.05) is 13.8 Å². The molecule has 3 aliphatic rings. The van der Waals surface area contributed by atoms with Gasteiger partial charge in [0, 0.05) is 18.5 Å². The van der Waals surface area contributed by atoms with Gasteiger partial charge in [0.2, 0.25) is 5.91 Å². The van der Waals surface area contributed by atoms with Crippen molar-refractivity contribution in [3.8, 4) is 0 Å². The highest BCUT2D eigenvalue weighted by Gasteiger charge is 2.52. The first kappa shape index (κ1) is 37.6. The quantitative estimate of drug-likeness (QED) is 0.0831. The Morgan fingerprint density at radius 2 is 1.84 bits per heavy atom. The summed E-state index contributed by atoms with van der Waals surface area (Å²) in [5.41, 5.74) is 4.75. The minimum atomic E-state index is -5.73. The zero-order valence-corrected chi connectivity index (χ0v) is 27.5. The second-order valence-corrected chi connectivity index (χ2v) is 16.4. The van der Waals surface area contributed by atoms with Gasteiger partial charge in [-0.05, 0) is 32.6 Å². The summed E-state index contributed by atoms with van der Waals surface area (Å²) in [4.78, 5) is 63.1. The molecule has 0 saturated carbocycles. The first-order valence-electron chi connectivity index (χ1n) is 13.7. The van der Waals surface area contributed by atoms with Crippen molar-refractivity contribution >= 4 is 47.5 Å². The number of fused-ring (bicyclic) bond motifs is 1. The maximum atomic E-state index is 12.4. The zero-order chi connectivity index (χ0) is 34.0. The topological polar surface area (TPSA) is 313 Å². The van der Waals surface area contributed by atoms with Crippen LogP contribution in [-0.4, -0.2) is 109 Å². The van der Waals surface area contributed by atoms with Crippen LogP contribution in [0.4, 0.5) is 0 Å². The minimum Gasteiger partial charge on any atom is -0.387 e. The number of aliphatic hydroxyl groups excluding tert-OH is 2. The number of carbonyl (C=O) groups excluding carboxylic acids is 2. The largest absolute Gasteiger partial charge is 0.489 e. The number of rotatable bonds is 16. The van der Waals surface area contributed by atoms with E-state index in [-0.39, 0.29) is 31.3 Å². The summed E-state index contributed by atoms with van der Waals surface area (Å²) in [6.07, 6.45) is -5.11. The van der Waals surface area contributed by atoms with E-state index in [2.05, 4.69) is 33.8 Å². The van der Waals surface area contributed by atoms with Gasteiger partial charge in [-0.15, -0.1) is 0 Å². The van der Waals surface area contributed by atoms with E-state index in [1.807, 2.05) is 18.9 Å². The number of phosphoric acid groups is 2. The second kappa shape index (κ2) is 14.5. The predicted molar refractivity (Wildman–Crippen MR) is 155 cm³/mol. The summed E-state index contributed by atoms with van der Waals surface area (Å²) in [5.74, 6) is -0.687. The van der Waals surface area contributed by atoms with Crippen LogP contribution in [0.1, 0.15) is 47.0 Å². The van der Waals surface area contributed by atoms with Crippen molar-refractivity contribution in [3.63, 3.8) is 0 Å². The van der Waals surface area contributed by atoms with Crippen molar-refractivity contribution in [2.75, 3.05) is 13.2 Å². The number of amides is 2. The molecule has 2 amide bonds. The minimum absolute atomic E-state index is 0.0840. The lowest BCUT2D eigenvalue weighted by molar-refractivity contribution is -0.124. The molecule has 1 saturated heterocycles. The molecule has 3 heterocycles. The Labute approximate surface area is 258 Å². The van der Waals surface area contributed by atoms with Crippen molar-refractivity contribution in [3.05, 3.63) is 0 Å². The molecule has 1 fully saturated rings. The fourth-order valence-corrected chi connectivity index (χ4v) is 8.14. The number of nitrogens with zero attached hydrogens (tertiary/aromatic N) is 3. The fraction of sp³-hybridized carbons (Fsp3) is 0.810. The lowest BCUT2D eigenvalue weighted by Gasteiger charge is -2.32. The molecular formula is C21H40N7O14P3. The first-order chi connectivity index (χ1) is 20.6. The Bertz CT molecular complexity index is 1320. The predicted octanol–water partition coefficient (Wildman–Crippen LogP) is -1.42. The Morgan fingerprint density at radius 3 is 2.49 bits per heavy atom. The molecule has 0 bridgehead atoms. The molecule has 24 heteroatoms. The highest BCUT2D eigenvalue weighted by atomic mass is 31.3. The van der Waals surface area contributed by atoms with E-state index < -0.39 is 78.2 Å². The van der Waals surface area contributed by atoms with Gasteiger partial charge in [0.1, 0.15) is 18.3 Å². The second-order valence-electron chi connectivity index (χ2n) is 11.6. The number of hydrogen-bond donors (Lipinski definition) is 9. The zero-order valence-electron chi connectivity index (χ0n) is 24.8. The van der Waals surface area contributed by atoms with Crippen molar-refractivity contribution in [2.45, 2.75) is 89.2 Å². The normalized spacial score (nSPS) is 30.7. The monoisotopic (exact) mass is 707 g/mol. The number of hydrogen-bond acceptors (Lipinski definition) is 15. The molecular weight excluding hydrogens is 667 g/mol. The fourth-order valence-electron chi connectivity index (χ4n) is 4.44. The summed E-state index contributed by atoms with van der Waals surface area (Å²) in [7, 11) is -16.3. The Balaban J connectivity index is 1.49. The Kier molecular flexibility index (Phi) is 12.1. The van der Waals surface area contributed by atoms with Crippen LogP contribution in [0.3, 0.4) is 0 Å². The lowest BCUT2D eigenvalue weighted by atomic mass is 10.00. The number of ether oxygens (including phenoxy) is 1. The van der Waals surface area contributed by atoms with Crippen molar-refractivity contribution in [1.29, 1.82) is 0 Å². The van der Waals surface area contributed by atoms with Crippen LogP contribution < -0.4 is 21.5 Å². The molecule has 10 N–H and O–H groups in total. The van der Waals surface area contributed by atoms with Gasteiger partial charge in [-0.3, -0.25) is 24.4 Å². The molecule has 21 nitrogen and oxygen atoms in total. The van der Waals surface area contributed by atoms with Crippen LogP contribution >= 0.6 is 23.4 Å². The molecule has 45 heavy (non-hydrogen) atoms. The average molecular weight is 708 g/mol. The summed E-state index contributed by atoms with van der Waals surface area (Å²) in [5, 5.41) is 27.9. The molecule has 9 unspecified atom stereocenters. The van der Waals surface area contributed by atoms with Gasteiger partial charge in [0.15, 0.2) is 24.4 Å². The van der Waals surface area contributed by atoms with Gasteiger partial charge in [0.25, 0.3) is 5.91 Å². The average Bonchev–Trinajstić information content (AvgIpc) is 3.40. The van der Waals surface area contributed by atoms with E-state index in [1.165, 1.54) is 4.90 Å². The number of carbonyl (C=O) groups is 2. The summed E-state index contributed by atoms with van der Waals surface area (Å²) in [6.45, 7) is 5.98. The van der Waals surface area contributed by atoms with Crippen molar-refractivity contribution < 1.29 is 66.1 Å². The Hall–Kier alpha value is -1.83. The number of nitrogens with two attached hydrogens (primary N) is 1. The molecule has 0 radical (unpaired) electrons. The summed E-state index contributed by atoms with van der Waals surface area (Å²) < 4.78 is 55.4. The van der Waals surface area contributed by atoms with Crippen LogP contribution in [0, 0.1) is 5.92 Å². The molecule has 258 valence electrons. The van der Waals surface area contributed by atoms with E-state index in [9.17, 15) is 48.2 Å². The highest BCUT2D eigenvalue weighted by molar-refractivity contribution is 7.67. The van der Waals surface area contributed by atoms with Crippen LogP contribution in [0.15, 0.2) is 9.98 Å². The molecule has 3 rings (SSSR count). The molecule has 9 atom stereocenters. The van der Waals surface area contributed by atoms with E-state index in [1.54, 1.807) is 13.8 Å². The maximum Gasteiger partial charge on any atom is 0.489 e. The van der Waals surface area contributed by atoms with Crippen LogP contribution in [0.25, 0.3) is 0 Å². The molecule has 0 aromatic rings. The maximum absolute atomic E-state index is 12.4. The standard InChI is InChI=1S/C21H40N7O14P3/c1-11(2)5-6-13(29)27-21(3,4)7-8-24-43(33,34)41-45(37,38)42-44(35,36)39-9-12-15(30)16(31)19(40-12)28-10-23-14-17(28)25-20(22)26-18(14)32/h10-12,14-17,19,30-31H,5-9H2,1-4H3,(H,27,29)(H,35,36)(H,37,38)(H2,24,33,34)(H3,22,25,26,32). The van der Waals surface area contributed by atoms with Crippen LogP contribution in [-0.2, 0) is 41.2 Å². The summed E-state index contributed by atoms with van der Waals surface area (Å²) >= 11 is 0. The van der Waals surface area contributed by atoms with Crippen molar-refractivity contribution in [1.82, 2.24) is 20.6 Å². The molecule has 0 aliphatic carbocycles. The third-order valence-electron chi connectivity index (χ3n) is 6.68. The van der Waals surface area contributed by atoms with E-state index in [4.69, 9.17) is 10.5 Å². The third kappa shape index (κ3) is 10.9. The molecule has 0 aromatic carbocycles. The number of phosphoric ester groups is 1. The van der Waals surface area contributed by atoms with Crippen LogP contribution in [0.2, 0.25) is 0 Å². The first-order valence-corrected chi connectivity index (χ1v) is 18.3. The van der Waals surface area contributed by atoms with E-state index >= 15 is 0 Å². The third-order valence-corrected chi connectivity index (χ3v) is 11.1. The van der Waals surface area contributed by atoms with Gasteiger partial charge in [-0.25, -0.2) is 23.8 Å². The summed E-state index contributed by atoms with van der Waals surface area (Å²) in [6, 6.07) is -1.02. The Morgan fingerprint density at radius 1 is 1.18 bits per heavy atom. The van der Waals surface area contributed by atoms with Crippen LogP contribution in [0.5, 0.6) is 0 Å². The lowest BCUT2D eigenvalue weighted by Crippen LogP contribution is -2.56. The number of aliphatic hydroxyl groups is 2. The highest BCUT2D eigenvalue weighted by Crippen LogP contribution is 2.66. The molecule has 0 aromatic heterocycles. The van der Waals surface area contributed by atoms with E-state index in [0.717, 1.165) is 6.34 Å². The van der Waals surface area contributed by atoms with Crippen molar-refractivity contribution in [2.24, 2.45) is 21.6 Å². The van der Waals surface area contributed by atoms with E-state index in [0.29, 0.717) is 12.3 Å². The molecule has 0 spiro atoms. The van der Waals surface area contributed by atoms with Gasteiger partial charge in [-0.2, -0.15) is 8.62 Å². The van der Waals surface area contributed by atoms with Gasteiger partial charge >= 0.3 is 23.4 Å².